The summed E-state index contributed by atoms with van der Waals surface area (Å²) in [5.41, 5.74) is 10.5. The van der Waals surface area contributed by atoms with Gasteiger partial charge >= 0.3 is 0 Å². The molecule has 0 radical (unpaired) electrons. The van der Waals surface area contributed by atoms with Gasteiger partial charge < -0.3 is 16.8 Å². The van der Waals surface area contributed by atoms with Gasteiger partial charge in [-0.05, 0) is 39.8 Å². The lowest BCUT2D eigenvalue weighted by molar-refractivity contribution is -0.126. The van der Waals surface area contributed by atoms with Crippen LogP contribution in [-0.4, -0.2) is 17.4 Å². The molecule has 0 unspecified atom stereocenters. The topological polar surface area (TPSA) is 98.2 Å². The van der Waals surface area contributed by atoms with Crippen LogP contribution in [0.2, 0.25) is 0 Å². The molecule has 104 valence electrons. The lowest BCUT2D eigenvalue weighted by Crippen LogP contribution is -2.53. The molecule has 0 saturated carbocycles. The van der Waals surface area contributed by atoms with E-state index in [-0.39, 0.29) is 11.5 Å². The van der Waals surface area contributed by atoms with E-state index in [1.54, 1.807) is 52.0 Å². The van der Waals surface area contributed by atoms with Crippen LogP contribution in [0.1, 0.15) is 38.1 Å². The van der Waals surface area contributed by atoms with Crippen molar-refractivity contribution >= 4 is 17.5 Å². The summed E-state index contributed by atoms with van der Waals surface area (Å²) in [7, 11) is 0. The van der Waals surface area contributed by atoms with Gasteiger partial charge in [0.05, 0.1) is 16.7 Å². The van der Waals surface area contributed by atoms with Crippen molar-refractivity contribution in [3.05, 3.63) is 29.8 Å². The van der Waals surface area contributed by atoms with Crippen molar-refractivity contribution in [1.82, 2.24) is 0 Å². The zero-order valence-electron chi connectivity index (χ0n) is 11.8. The zero-order valence-corrected chi connectivity index (χ0v) is 11.8. The van der Waals surface area contributed by atoms with Crippen molar-refractivity contribution in [2.45, 2.75) is 33.2 Å². The van der Waals surface area contributed by atoms with E-state index in [1.807, 2.05) is 0 Å². The molecule has 5 nitrogen and oxygen atoms in total. The lowest BCUT2D eigenvalue weighted by atomic mass is 9.74. The molecule has 19 heavy (non-hydrogen) atoms. The molecule has 5 N–H and O–H groups in total. The lowest BCUT2D eigenvalue weighted by Gasteiger charge is -2.37. The van der Waals surface area contributed by atoms with Gasteiger partial charge in [0.25, 0.3) is 5.91 Å². The standard InChI is InChI=1S/C14H21N3O2/c1-13(2,14(3,4)16)12(19)17-10-8-6-5-7-9(10)11(15)18/h5-8H,16H2,1-4H3,(H2,15,18)(H,17,19). The van der Waals surface area contributed by atoms with E-state index < -0.39 is 16.9 Å². The summed E-state index contributed by atoms with van der Waals surface area (Å²) in [6, 6.07) is 6.62. The number of primary amides is 1. The number of para-hydroxylation sites is 1. The number of amides is 2. The van der Waals surface area contributed by atoms with E-state index in [1.165, 1.54) is 0 Å². The van der Waals surface area contributed by atoms with E-state index in [2.05, 4.69) is 5.32 Å². The minimum absolute atomic E-state index is 0.256. The Morgan fingerprint density at radius 2 is 1.63 bits per heavy atom. The number of nitrogens with two attached hydrogens (primary N) is 2. The van der Waals surface area contributed by atoms with Crippen LogP contribution in [0.25, 0.3) is 0 Å². The second kappa shape index (κ2) is 5.01. The van der Waals surface area contributed by atoms with Crippen LogP contribution in [0.5, 0.6) is 0 Å². The monoisotopic (exact) mass is 263 g/mol. The zero-order chi connectivity index (χ0) is 14.8. The van der Waals surface area contributed by atoms with Crippen molar-refractivity contribution in [3.63, 3.8) is 0 Å². The van der Waals surface area contributed by atoms with Gasteiger partial charge in [-0.3, -0.25) is 9.59 Å². The molecule has 0 aromatic heterocycles. The Bertz CT molecular complexity index is 502. The predicted molar refractivity (Wildman–Crippen MR) is 75.6 cm³/mol. The van der Waals surface area contributed by atoms with E-state index in [0.29, 0.717) is 5.69 Å². The van der Waals surface area contributed by atoms with Crippen molar-refractivity contribution < 1.29 is 9.59 Å². The van der Waals surface area contributed by atoms with Gasteiger partial charge in [0.15, 0.2) is 0 Å². The fourth-order valence-electron chi connectivity index (χ4n) is 1.38. The summed E-state index contributed by atoms with van der Waals surface area (Å²) in [5, 5.41) is 2.72. The van der Waals surface area contributed by atoms with Gasteiger partial charge in [0.1, 0.15) is 0 Å². The first kappa shape index (κ1) is 15.2. The summed E-state index contributed by atoms with van der Waals surface area (Å²) >= 11 is 0. The van der Waals surface area contributed by atoms with Gasteiger partial charge in [-0.15, -0.1) is 0 Å². The molecule has 0 fully saturated rings. The van der Waals surface area contributed by atoms with Crippen LogP contribution >= 0.6 is 0 Å². The number of carbonyl (C=O) groups is 2. The summed E-state index contributed by atoms with van der Waals surface area (Å²) in [6.45, 7) is 7.09. The first-order valence-electron chi connectivity index (χ1n) is 6.06. The summed E-state index contributed by atoms with van der Waals surface area (Å²) in [4.78, 5) is 23.6. The molecule has 0 spiro atoms. The van der Waals surface area contributed by atoms with Gasteiger partial charge in [0, 0.05) is 5.54 Å². The Kier molecular flexibility index (Phi) is 4.00. The first-order valence-corrected chi connectivity index (χ1v) is 6.06. The number of benzene rings is 1. The second-order valence-corrected chi connectivity index (χ2v) is 5.71. The molecule has 0 aliphatic rings. The quantitative estimate of drug-likeness (QED) is 0.767. The van der Waals surface area contributed by atoms with E-state index >= 15 is 0 Å². The highest BCUT2D eigenvalue weighted by atomic mass is 16.2. The first-order chi connectivity index (χ1) is 8.57. The van der Waals surface area contributed by atoms with Crippen molar-refractivity contribution in [2.24, 2.45) is 16.9 Å². The number of carbonyl (C=O) groups excluding carboxylic acids is 2. The minimum atomic E-state index is -0.794. The molecule has 0 heterocycles. The molecule has 0 aliphatic carbocycles. The van der Waals surface area contributed by atoms with Crippen LogP contribution in [-0.2, 0) is 4.79 Å². The average Bonchev–Trinajstić information content (AvgIpc) is 2.27. The third-order valence-corrected chi connectivity index (χ3v) is 3.62. The average molecular weight is 263 g/mol. The van der Waals surface area contributed by atoms with Crippen molar-refractivity contribution in [3.8, 4) is 0 Å². The van der Waals surface area contributed by atoms with Crippen LogP contribution in [0.15, 0.2) is 24.3 Å². The fourth-order valence-corrected chi connectivity index (χ4v) is 1.38. The SMILES string of the molecule is CC(C)(N)C(C)(C)C(=O)Nc1ccccc1C(N)=O. The van der Waals surface area contributed by atoms with E-state index in [9.17, 15) is 9.59 Å². The van der Waals surface area contributed by atoms with Gasteiger partial charge in [0.2, 0.25) is 5.91 Å². The molecule has 1 aromatic carbocycles. The molecular formula is C14H21N3O2. The Morgan fingerprint density at radius 3 is 2.11 bits per heavy atom. The highest BCUT2D eigenvalue weighted by Gasteiger charge is 2.40. The molecule has 0 atom stereocenters. The van der Waals surface area contributed by atoms with Crippen molar-refractivity contribution in [1.29, 1.82) is 0 Å². The largest absolute Gasteiger partial charge is 0.366 e. The Labute approximate surface area is 113 Å². The normalized spacial score (nSPS) is 12.1. The molecule has 0 aliphatic heterocycles. The van der Waals surface area contributed by atoms with Crippen LogP contribution < -0.4 is 16.8 Å². The number of hydrogen-bond acceptors (Lipinski definition) is 3. The maximum Gasteiger partial charge on any atom is 0.250 e. The Hall–Kier alpha value is -1.88. The van der Waals surface area contributed by atoms with E-state index in [4.69, 9.17) is 11.5 Å². The van der Waals surface area contributed by atoms with E-state index in [0.717, 1.165) is 0 Å². The maximum absolute atomic E-state index is 12.3. The van der Waals surface area contributed by atoms with Gasteiger partial charge in [-0.25, -0.2) is 0 Å². The molecule has 1 rings (SSSR count). The smallest absolute Gasteiger partial charge is 0.250 e. The molecule has 2 amide bonds. The third-order valence-electron chi connectivity index (χ3n) is 3.62. The Morgan fingerprint density at radius 1 is 1.11 bits per heavy atom. The highest BCUT2D eigenvalue weighted by Crippen LogP contribution is 2.30. The fraction of sp³-hybridized carbons (Fsp3) is 0.429. The molecular weight excluding hydrogens is 242 g/mol. The number of hydrogen-bond donors (Lipinski definition) is 3. The minimum Gasteiger partial charge on any atom is -0.366 e. The van der Waals surface area contributed by atoms with Crippen LogP contribution in [0.4, 0.5) is 5.69 Å². The van der Waals surface area contributed by atoms with Crippen LogP contribution in [0, 0.1) is 5.41 Å². The molecule has 1 aromatic rings. The molecule has 0 bridgehead atoms. The molecule has 5 heteroatoms. The Balaban J connectivity index is 3.05. The summed E-state index contributed by atoms with van der Waals surface area (Å²) < 4.78 is 0. The summed E-state index contributed by atoms with van der Waals surface area (Å²) in [6.07, 6.45) is 0. The third kappa shape index (κ3) is 3.12. The second-order valence-electron chi connectivity index (χ2n) is 5.71. The summed E-state index contributed by atoms with van der Waals surface area (Å²) in [5.74, 6) is -0.839. The number of anilines is 1. The highest BCUT2D eigenvalue weighted by molar-refractivity contribution is 6.04. The predicted octanol–water partition coefficient (Wildman–Crippen LogP) is 1.49. The maximum atomic E-state index is 12.3. The van der Waals surface area contributed by atoms with Crippen molar-refractivity contribution in [2.75, 3.05) is 5.32 Å². The number of rotatable bonds is 4. The van der Waals surface area contributed by atoms with Gasteiger partial charge in [-0.1, -0.05) is 12.1 Å². The number of nitrogens with one attached hydrogen (secondary N) is 1. The molecule has 0 saturated heterocycles. The van der Waals surface area contributed by atoms with Gasteiger partial charge in [-0.2, -0.15) is 0 Å². The van der Waals surface area contributed by atoms with Crippen LogP contribution in [0.3, 0.4) is 0 Å².